The fraction of sp³-hybridized carbons (Fsp3) is 0.294. The zero-order valence-electron chi connectivity index (χ0n) is 13.3. The van der Waals surface area contributed by atoms with E-state index >= 15 is 0 Å². The van der Waals surface area contributed by atoms with Gasteiger partial charge in [-0.15, -0.1) is 0 Å². The van der Waals surface area contributed by atoms with Gasteiger partial charge in [0.15, 0.2) is 6.61 Å². The van der Waals surface area contributed by atoms with Gasteiger partial charge in [0.05, 0.1) is 6.10 Å². The quantitative estimate of drug-likeness (QED) is 0.739. The van der Waals surface area contributed by atoms with Crippen molar-refractivity contribution in [2.45, 2.75) is 26.9 Å². The monoisotopic (exact) mass is 316 g/mol. The molecule has 1 atom stereocenters. The maximum atomic E-state index is 12.1. The molecule has 0 unspecified atom stereocenters. The topological polar surface area (TPSA) is 91.4 Å². The fourth-order valence-electron chi connectivity index (χ4n) is 2.52. The molecule has 0 fully saturated rings. The van der Waals surface area contributed by atoms with Crippen molar-refractivity contribution in [1.82, 2.24) is 4.98 Å². The molecule has 6 heteroatoms. The van der Waals surface area contributed by atoms with E-state index in [9.17, 15) is 14.7 Å². The summed E-state index contributed by atoms with van der Waals surface area (Å²) in [5, 5.41) is 12.4. The number of aliphatic hydroxyl groups excluding tert-OH is 1. The van der Waals surface area contributed by atoms with E-state index in [-0.39, 0.29) is 12.3 Å². The molecule has 1 aromatic carbocycles. The van der Waals surface area contributed by atoms with Gasteiger partial charge in [0.1, 0.15) is 5.69 Å². The zero-order valence-corrected chi connectivity index (χ0v) is 13.3. The number of benzene rings is 1. The molecule has 6 nitrogen and oxygen atoms in total. The average molecular weight is 316 g/mol. The van der Waals surface area contributed by atoms with Gasteiger partial charge in [-0.25, -0.2) is 4.79 Å². The molecule has 0 saturated heterocycles. The van der Waals surface area contributed by atoms with Gasteiger partial charge >= 0.3 is 5.97 Å². The van der Waals surface area contributed by atoms with Crippen LogP contribution in [-0.4, -0.2) is 28.6 Å². The highest BCUT2D eigenvalue weighted by Gasteiger charge is 2.21. The van der Waals surface area contributed by atoms with Crippen LogP contribution in [0.15, 0.2) is 30.3 Å². The lowest BCUT2D eigenvalue weighted by Gasteiger charge is -2.07. The molecule has 1 heterocycles. The highest BCUT2D eigenvalue weighted by Crippen LogP contribution is 2.24. The summed E-state index contributed by atoms with van der Waals surface area (Å²) in [5.41, 5.74) is 2.90. The lowest BCUT2D eigenvalue weighted by atomic mass is 10.1. The third-order valence-corrected chi connectivity index (χ3v) is 3.51. The van der Waals surface area contributed by atoms with E-state index in [4.69, 9.17) is 4.74 Å². The summed E-state index contributed by atoms with van der Waals surface area (Å²) in [6, 6.07) is 8.92. The van der Waals surface area contributed by atoms with Crippen LogP contribution in [0.3, 0.4) is 0 Å². The Morgan fingerprint density at radius 3 is 2.48 bits per heavy atom. The zero-order chi connectivity index (χ0) is 17.0. The molecule has 23 heavy (non-hydrogen) atoms. The fourth-order valence-corrected chi connectivity index (χ4v) is 2.52. The molecule has 0 aliphatic rings. The van der Waals surface area contributed by atoms with Crippen LogP contribution in [-0.2, 0) is 9.53 Å². The Kier molecular flexibility index (Phi) is 5.18. The van der Waals surface area contributed by atoms with Crippen molar-refractivity contribution in [2.75, 3.05) is 11.9 Å². The van der Waals surface area contributed by atoms with E-state index in [0.29, 0.717) is 22.5 Å². The number of hydrogen-bond acceptors (Lipinski definition) is 4. The van der Waals surface area contributed by atoms with E-state index < -0.39 is 18.0 Å². The Morgan fingerprint density at radius 1 is 1.26 bits per heavy atom. The van der Waals surface area contributed by atoms with Crippen LogP contribution in [0.4, 0.5) is 5.69 Å². The van der Waals surface area contributed by atoms with Crippen molar-refractivity contribution >= 4 is 17.6 Å². The number of nitrogens with one attached hydrogen (secondary N) is 2. The summed E-state index contributed by atoms with van der Waals surface area (Å²) in [7, 11) is 0. The number of ether oxygens (including phenoxy) is 1. The van der Waals surface area contributed by atoms with Gasteiger partial charge in [0.25, 0.3) is 5.91 Å². The first kappa shape index (κ1) is 16.8. The number of carbonyl (C=O) groups is 2. The molecular formula is C17H20N2O4. The second-order valence-electron chi connectivity index (χ2n) is 5.33. The summed E-state index contributed by atoms with van der Waals surface area (Å²) >= 11 is 0. The minimum absolute atomic E-state index is 0.255. The third kappa shape index (κ3) is 3.98. The molecule has 0 aliphatic heterocycles. The second-order valence-corrected chi connectivity index (χ2v) is 5.33. The Morgan fingerprint density at radius 2 is 1.91 bits per heavy atom. The van der Waals surface area contributed by atoms with Crippen molar-refractivity contribution in [2.24, 2.45) is 0 Å². The predicted octanol–water partition coefficient (Wildman–Crippen LogP) is 2.48. The summed E-state index contributed by atoms with van der Waals surface area (Å²) in [6.45, 7) is 4.75. The molecule has 3 N–H and O–H groups in total. The number of esters is 1. The van der Waals surface area contributed by atoms with Crippen molar-refractivity contribution < 1.29 is 19.4 Å². The van der Waals surface area contributed by atoms with E-state index in [1.165, 1.54) is 0 Å². The number of aliphatic hydroxyl groups is 1. The smallest absolute Gasteiger partial charge is 0.355 e. The van der Waals surface area contributed by atoms with E-state index in [0.717, 1.165) is 0 Å². The number of para-hydroxylation sites is 1. The summed E-state index contributed by atoms with van der Waals surface area (Å²) < 4.78 is 5.03. The number of hydrogen-bond donors (Lipinski definition) is 3. The van der Waals surface area contributed by atoms with Gasteiger partial charge in [0, 0.05) is 16.9 Å². The van der Waals surface area contributed by atoms with Gasteiger partial charge in [-0.2, -0.15) is 0 Å². The number of amides is 1. The van der Waals surface area contributed by atoms with Crippen LogP contribution in [0.5, 0.6) is 0 Å². The molecule has 2 aromatic rings. The molecule has 0 bridgehead atoms. The van der Waals surface area contributed by atoms with Crippen molar-refractivity contribution in [1.29, 1.82) is 0 Å². The number of aromatic amines is 1. The molecule has 2 rings (SSSR count). The highest BCUT2D eigenvalue weighted by atomic mass is 16.5. The number of aromatic nitrogens is 1. The van der Waals surface area contributed by atoms with Crippen LogP contribution in [0.25, 0.3) is 0 Å². The van der Waals surface area contributed by atoms with Crippen molar-refractivity contribution in [3.8, 4) is 0 Å². The number of H-pyrrole nitrogens is 1. The molecular weight excluding hydrogens is 296 g/mol. The maximum absolute atomic E-state index is 12.1. The molecule has 1 amide bonds. The molecule has 1 aromatic heterocycles. The molecule has 0 spiro atoms. The number of aryl methyl sites for hydroxylation is 1. The van der Waals surface area contributed by atoms with Gasteiger partial charge in [0.2, 0.25) is 0 Å². The first-order chi connectivity index (χ1) is 10.9. The molecule has 0 radical (unpaired) electrons. The van der Waals surface area contributed by atoms with Gasteiger partial charge < -0.3 is 20.1 Å². The highest BCUT2D eigenvalue weighted by molar-refractivity contribution is 5.95. The predicted molar refractivity (Wildman–Crippen MR) is 86.3 cm³/mol. The van der Waals surface area contributed by atoms with Crippen LogP contribution in [0, 0.1) is 13.8 Å². The Labute approximate surface area is 134 Å². The Balaban J connectivity index is 1.97. The van der Waals surface area contributed by atoms with Gasteiger partial charge in [-0.3, -0.25) is 4.79 Å². The first-order valence-electron chi connectivity index (χ1n) is 7.29. The number of rotatable bonds is 5. The van der Waals surface area contributed by atoms with Crippen LogP contribution >= 0.6 is 0 Å². The second kappa shape index (κ2) is 7.11. The summed E-state index contributed by atoms with van der Waals surface area (Å²) in [6.07, 6.45) is -0.686. The first-order valence-corrected chi connectivity index (χ1v) is 7.29. The lowest BCUT2D eigenvalue weighted by molar-refractivity contribution is -0.119. The molecule has 0 saturated carbocycles. The van der Waals surface area contributed by atoms with Crippen molar-refractivity contribution in [3.63, 3.8) is 0 Å². The van der Waals surface area contributed by atoms with E-state index in [1.807, 2.05) is 6.07 Å². The average Bonchev–Trinajstić information content (AvgIpc) is 2.81. The van der Waals surface area contributed by atoms with Crippen LogP contribution in [0.2, 0.25) is 0 Å². The number of anilines is 1. The minimum Gasteiger partial charge on any atom is -0.451 e. The standard InChI is InChI=1S/C17H20N2O4/c1-10-15(12(3)20)11(2)18-16(10)17(22)23-9-14(21)19-13-7-5-4-6-8-13/h4-8,12,18,20H,9H2,1-3H3,(H,19,21)/t12-/m1/s1. The summed E-state index contributed by atoms with van der Waals surface area (Å²) in [5.74, 6) is -1.04. The summed E-state index contributed by atoms with van der Waals surface area (Å²) in [4.78, 5) is 26.8. The molecule has 122 valence electrons. The van der Waals surface area contributed by atoms with Crippen LogP contribution < -0.4 is 5.32 Å². The maximum Gasteiger partial charge on any atom is 0.355 e. The Bertz CT molecular complexity index is 705. The van der Waals surface area contributed by atoms with E-state index in [1.54, 1.807) is 45.0 Å². The number of carbonyl (C=O) groups excluding carboxylic acids is 2. The van der Waals surface area contributed by atoms with Gasteiger partial charge in [-0.05, 0) is 38.5 Å². The third-order valence-electron chi connectivity index (χ3n) is 3.51. The van der Waals surface area contributed by atoms with Gasteiger partial charge in [-0.1, -0.05) is 18.2 Å². The minimum atomic E-state index is -0.686. The normalized spacial score (nSPS) is 11.8. The van der Waals surface area contributed by atoms with Crippen molar-refractivity contribution in [3.05, 3.63) is 52.8 Å². The Hall–Kier alpha value is -2.60. The van der Waals surface area contributed by atoms with E-state index in [2.05, 4.69) is 10.3 Å². The van der Waals surface area contributed by atoms with Crippen LogP contribution in [0.1, 0.15) is 40.3 Å². The SMILES string of the molecule is Cc1[nH]c(C(=O)OCC(=O)Nc2ccccc2)c(C)c1[C@@H](C)O. The lowest BCUT2D eigenvalue weighted by Crippen LogP contribution is -2.21. The molecule has 0 aliphatic carbocycles. The largest absolute Gasteiger partial charge is 0.451 e.